The minimum absolute atomic E-state index is 0.0769. The molecule has 15 heavy (non-hydrogen) atoms. The quantitative estimate of drug-likeness (QED) is 0.709. The fourth-order valence-electron chi connectivity index (χ4n) is 1.48. The second kappa shape index (κ2) is 5.46. The highest BCUT2D eigenvalue weighted by Crippen LogP contribution is 2.12. The fourth-order valence-corrected chi connectivity index (χ4v) is 1.74. The van der Waals surface area contributed by atoms with Crippen LogP contribution in [0.1, 0.15) is 6.92 Å². The van der Waals surface area contributed by atoms with Crippen LogP contribution in [-0.2, 0) is 14.3 Å². The third kappa shape index (κ3) is 2.92. The van der Waals surface area contributed by atoms with Crippen LogP contribution >= 0.6 is 15.9 Å². The van der Waals surface area contributed by atoms with Crippen LogP contribution in [0.4, 0.5) is 0 Å². The number of carbonyl (C=O) groups excluding carboxylic acids is 2. The number of amides is 2. The molecule has 0 aliphatic carbocycles. The van der Waals surface area contributed by atoms with Gasteiger partial charge in [0.1, 0.15) is 6.04 Å². The van der Waals surface area contributed by atoms with Gasteiger partial charge in [-0.3, -0.25) is 9.59 Å². The number of halogens is 1. The second-order valence-corrected chi connectivity index (χ2v) is 4.73. The minimum Gasteiger partial charge on any atom is -0.377 e. The van der Waals surface area contributed by atoms with E-state index >= 15 is 0 Å². The molecule has 1 rings (SSSR count). The van der Waals surface area contributed by atoms with Crippen molar-refractivity contribution in [1.29, 1.82) is 0 Å². The smallest absolute Gasteiger partial charge is 0.244 e. The van der Waals surface area contributed by atoms with Gasteiger partial charge >= 0.3 is 0 Å². The van der Waals surface area contributed by atoms with Crippen molar-refractivity contribution >= 4 is 27.7 Å². The summed E-state index contributed by atoms with van der Waals surface area (Å²) >= 11 is 3.21. The Morgan fingerprint density at radius 3 is 2.80 bits per heavy atom. The maximum atomic E-state index is 11.8. The Kier molecular flexibility index (Phi) is 4.53. The predicted octanol–water partition coefficient (Wildman–Crippen LogP) is -0.257. The van der Waals surface area contributed by atoms with Crippen LogP contribution in [0.2, 0.25) is 0 Å². The molecule has 2 unspecified atom stereocenters. The zero-order valence-electron chi connectivity index (χ0n) is 8.83. The molecular formula is C9H15BrN2O3. The first kappa shape index (κ1) is 12.4. The van der Waals surface area contributed by atoms with Crippen molar-refractivity contribution < 1.29 is 14.3 Å². The fraction of sp³-hybridized carbons (Fsp3) is 0.778. The average molecular weight is 279 g/mol. The molecule has 0 spiro atoms. The van der Waals surface area contributed by atoms with Gasteiger partial charge in [-0.05, 0) is 6.92 Å². The summed E-state index contributed by atoms with van der Waals surface area (Å²) in [6.45, 7) is 2.97. The Hall–Kier alpha value is -0.620. The van der Waals surface area contributed by atoms with E-state index in [-0.39, 0.29) is 23.2 Å². The predicted molar refractivity (Wildman–Crippen MR) is 58.8 cm³/mol. The van der Waals surface area contributed by atoms with E-state index in [2.05, 4.69) is 21.2 Å². The average Bonchev–Trinajstić information content (AvgIpc) is 2.27. The van der Waals surface area contributed by atoms with Gasteiger partial charge < -0.3 is 15.0 Å². The molecule has 1 aliphatic heterocycles. The van der Waals surface area contributed by atoms with E-state index in [1.165, 1.54) is 0 Å². The molecule has 6 heteroatoms. The first-order valence-electron chi connectivity index (χ1n) is 4.81. The highest BCUT2D eigenvalue weighted by atomic mass is 79.9. The number of hydrogen-bond donors (Lipinski definition) is 1. The molecule has 1 fully saturated rings. The summed E-state index contributed by atoms with van der Waals surface area (Å²) in [7, 11) is 1.55. The number of alkyl halides is 1. The van der Waals surface area contributed by atoms with E-state index in [4.69, 9.17) is 4.74 Å². The topological polar surface area (TPSA) is 58.6 Å². The van der Waals surface area contributed by atoms with E-state index < -0.39 is 6.04 Å². The Morgan fingerprint density at radius 2 is 2.27 bits per heavy atom. The Labute approximate surface area is 97.3 Å². The van der Waals surface area contributed by atoms with Crippen LogP contribution in [0.3, 0.4) is 0 Å². The molecule has 0 aromatic rings. The van der Waals surface area contributed by atoms with Gasteiger partial charge in [-0.1, -0.05) is 15.9 Å². The van der Waals surface area contributed by atoms with Crippen LogP contribution in [0, 0.1) is 0 Å². The van der Waals surface area contributed by atoms with Crippen LogP contribution in [0.25, 0.3) is 0 Å². The molecule has 1 heterocycles. The van der Waals surface area contributed by atoms with Crippen LogP contribution in [0.5, 0.6) is 0 Å². The molecule has 1 N–H and O–H groups in total. The van der Waals surface area contributed by atoms with Gasteiger partial charge in [0.2, 0.25) is 11.8 Å². The number of nitrogens with zero attached hydrogens (tertiary/aromatic N) is 1. The number of nitrogens with one attached hydrogen (secondary N) is 1. The molecule has 2 atom stereocenters. The van der Waals surface area contributed by atoms with Gasteiger partial charge in [-0.2, -0.15) is 0 Å². The monoisotopic (exact) mass is 278 g/mol. The van der Waals surface area contributed by atoms with Crippen LogP contribution in [-0.4, -0.2) is 54.4 Å². The molecule has 0 bridgehead atoms. The summed E-state index contributed by atoms with van der Waals surface area (Å²) in [5, 5.41) is 2.53. The maximum Gasteiger partial charge on any atom is 0.244 e. The summed E-state index contributed by atoms with van der Waals surface area (Å²) in [6.07, 6.45) is 0. The van der Waals surface area contributed by atoms with E-state index in [1.54, 1.807) is 18.9 Å². The molecule has 1 aliphatic rings. The number of carbonyl (C=O) groups is 2. The van der Waals surface area contributed by atoms with E-state index in [0.717, 1.165) is 0 Å². The van der Waals surface area contributed by atoms with Crippen molar-refractivity contribution in [3.8, 4) is 0 Å². The SMILES string of the molecule is CNC(=O)C1COCCN1C(=O)C(C)Br. The largest absolute Gasteiger partial charge is 0.377 e. The molecule has 2 amide bonds. The van der Waals surface area contributed by atoms with Crippen molar-refractivity contribution in [3.63, 3.8) is 0 Å². The number of morpholine rings is 1. The van der Waals surface area contributed by atoms with E-state index in [0.29, 0.717) is 13.2 Å². The minimum atomic E-state index is -0.503. The zero-order chi connectivity index (χ0) is 11.4. The Balaban J connectivity index is 2.73. The van der Waals surface area contributed by atoms with E-state index in [1.807, 2.05) is 0 Å². The molecule has 0 aromatic carbocycles. The van der Waals surface area contributed by atoms with Gasteiger partial charge in [0, 0.05) is 13.6 Å². The lowest BCUT2D eigenvalue weighted by atomic mass is 10.2. The van der Waals surface area contributed by atoms with E-state index in [9.17, 15) is 9.59 Å². The van der Waals surface area contributed by atoms with Gasteiger partial charge in [-0.15, -0.1) is 0 Å². The van der Waals surface area contributed by atoms with Crippen LogP contribution in [0.15, 0.2) is 0 Å². The molecular weight excluding hydrogens is 264 g/mol. The molecule has 0 saturated carbocycles. The molecule has 86 valence electrons. The zero-order valence-corrected chi connectivity index (χ0v) is 10.4. The lowest BCUT2D eigenvalue weighted by molar-refractivity contribution is -0.147. The number of likely N-dealkylation sites (N-methyl/N-ethyl adjacent to an activating group) is 1. The summed E-state index contributed by atoms with van der Waals surface area (Å²) in [4.78, 5) is 24.6. The standard InChI is InChI=1S/C9H15BrN2O3/c1-6(10)9(14)12-3-4-15-5-7(12)8(13)11-2/h6-7H,3-5H2,1-2H3,(H,11,13). The maximum absolute atomic E-state index is 11.8. The number of hydrogen-bond acceptors (Lipinski definition) is 3. The third-order valence-electron chi connectivity index (χ3n) is 2.30. The molecule has 0 aromatic heterocycles. The van der Waals surface area contributed by atoms with Gasteiger partial charge in [-0.25, -0.2) is 0 Å². The highest BCUT2D eigenvalue weighted by Gasteiger charge is 2.33. The lowest BCUT2D eigenvalue weighted by Gasteiger charge is -2.35. The van der Waals surface area contributed by atoms with Gasteiger partial charge in [0.15, 0.2) is 0 Å². The van der Waals surface area contributed by atoms with Crippen LogP contribution < -0.4 is 5.32 Å². The first-order chi connectivity index (χ1) is 7.07. The first-order valence-corrected chi connectivity index (χ1v) is 5.73. The van der Waals surface area contributed by atoms with Crippen molar-refractivity contribution in [3.05, 3.63) is 0 Å². The lowest BCUT2D eigenvalue weighted by Crippen LogP contribution is -2.56. The summed E-state index contributed by atoms with van der Waals surface area (Å²) in [6, 6.07) is -0.503. The normalized spacial score (nSPS) is 23.4. The molecule has 1 saturated heterocycles. The number of rotatable bonds is 2. The van der Waals surface area contributed by atoms with Crippen molar-refractivity contribution in [2.24, 2.45) is 0 Å². The third-order valence-corrected chi connectivity index (χ3v) is 2.69. The van der Waals surface area contributed by atoms with Crippen molar-refractivity contribution in [2.75, 3.05) is 26.8 Å². The van der Waals surface area contributed by atoms with Crippen molar-refractivity contribution in [2.45, 2.75) is 17.8 Å². The van der Waals surface area contributed by atoms with Crippen molar-refractivity contribution in [1.82, 2.24) is 10.2 Å². The second-order valence-electron chi connectivity index (χ2n) is 3.35. The summed E-state index contributed by atoms with van der Waals surface area (Å²) in [5.41, 5.74) is 0. The highest BCUT2D eigenvalue weighted by molar-refractivity contribution is 9.10. The molecule has 5 nitrogen and oxygen atoms in total. The summed E-state index contributed by atoms with van der Waals surface area (Å²) in [5.74, 6) is -0.261. The Morgan fingerprint density at radius 1 is 1.60 bits per heavy atom. The van der Waals surface area contributed by atoms with Gasteiger partial charge in [0.25, 0.3) is 0 Å². The van der Waals surface area contributed by atoms with Gasteiger partial charge in [0.05, 0.1) is 18.0 Å². The molecule has 0 radical (unpaired) electrons. The summed E-state index contributed by atoms with van der Waals surface area (Å²) < 4.78 is 5.20. The number of ether oxygens (including phenoxy) is 1. The Bertz CT molecular complexity index is 258.